The highest BCUT2D eigenvalue weighted by Crippen LogP contribution is 2.32. The van der Waals surface area contributed by atoms with Gasteiger partial charge in [0.15, 0.2) is 17.3 Å². The largest absolute Gasteiger partial charge is 0.493 e. The topological polar surface area (TPSA) is 153 Å². The first kappa shape index (κ1) is 28.5. The lowest BCUT2D eigenvalue weighted by Gasteiger charge is -2.22. The molecular weight excluding hydrogens is 508 g/mol. The van der Waals surface area contributed by atoms with Crippen molar-refractivity contribution in [1.82, 2.24) is 4.72 Å². The second-order valence-electron chi connectivity index (χ2n) is 8.29. The van der Waals surface area contributed by atoms with Crippen LogP contribution in [0.15, 0.2) is 72.8 Å². The molecule has 0 aromatic heterocycles. The molecule has 0 fully saturated rings. The molecule has 0 bridgehead atoms. The summed E-state index contributed by atoms with van der Waals surface area (Å²) in [4.78, 5) is 11.7. The van der Waals surface area contributed by atoms with Gasteiger partial charge in [0.2, 0.25) is 10.0 Å². The SMILES string of the molecule is CCOC(=O)CS(=O)(=O)NCC(Nc1ccc(C(=N)N)cc1)c1ccc(OCc2ccccc2)c(OC)c1. The number of benzene rings is 3. The fourth-order valence-electron chi connectivity index (χ4n) is 3.57. The molecule has 3 aromatic rings. The number of nitrogen functional groups attached to an aromatic ring is 1. The van der Waals surface area contributed by atoms with Crippen molar-refractivity contribution >= 4 is 27.5 Å². The molecule has 3 rings (SSSR count). The first-order chi connectivity index (χ1) is 18.2. The van der Waals surface area contributed by atoms with Gasteiger partial charge in [-0.3, -0.25) is 10.2 Å². The van der Waals surface area contributed by atoms with E-state index in [1.807, 2.05) is 36.4 Å². The van der Waals surface area contributed by atoms with Crippen molar-refractivity contribution in [1.29, 1.82) is 5.41 Å². The Bertz CT molecular complexity index is 1330. The third-order valence-corrected chi connectivity index (χ3v) is 6.71. The van der Waals surface area contributed by atoms with Crippen LogP contribution in [0.25, 0.3) is 0 Å². The van der Waals surface area contributed by atoms with Crippen molar-refractivity contribution in [3.63, 3.8) is 0 Å². The van der Waals surface area contributed by atoms with Gasteiger partial charge in [0.1, 0.15) is 12.4 Å². The minimum absolute atomic E-state index is 0.0596. The minimum Gasteiger partial charge on any atom is -0.493 e. The van der Waals surface area contributed by atoms with Crippen LogP contribution in [0.3, 0.4) is 0 Å². The molecule has 1 unspecified atom stereocenters. The Labute approximate surface area is 222 Å². The number of ether oxygens (including phenoxy) is 3. The Morgan fingerprint density at radius 2 is 1.74 bits per heavy atom. The number of anilines is 1. The van der Waals surface area contributed by atoms with Crippen LogP contribution in [-0.2, 0) is 26.2 Å². The Balaban J connectivity index is 1.83. The van der Waals surface area contributed by atoms with Gasteiger partial charge in [-0.2, -0.15) is 0 Å². The molecule has 1 atom stereocenters. The lowest BCUT2D eigenvalue weighted by Crippen LogP contribution is -2.35. The van der Waals surface area contributed by atoms with E-state index in [0.717, 1.165) is 5.56 Å². The number of hydrogen-bond donors (Lipinski definition) is 4. The van der Waals surface area contributed by atoms with E-state index in [1.165, 1.54) is 7.11 Å². The Kier molecular flexibility index (Phi) is 10.1. The first-order valence-electron chi connectivity index (χ1n) is 11.9. The standard InChI is InChI=1S/C27H32N4O6S/c1-3-36-26(32)18-38(33,34)30-16-23(31-22-12-9-20(10-13-22)27(28)29)21-11-14-24(25(15-21)35-2)37-17-19-7-5-4-6-8-19/h4-15,23,30-31H,3,16-18H2,1-2H3,(H3,28,29). The molecule has 202 valence electrons. The normalized spacial score (nSPS) is 11.8. The number of esters is 1. The number of nitrogens with one attached hydrogen (secondary N) is 3. The van der Waals surface area contributed by atoms with Gasteiger partial charge in [0.05, 0.1) is 19.8 Å². The maximum Gasteiger partial charge on any atom is 0.322 e. The van der Waals surface area contributed by atoms with Crippen LogP contribution in [-0.4, -0.2) is 46.2 Å². The fourth-order valence-corrected chi connectivity index (χ4v) is 4.49. The second-order valence-corrected chi connectivity index (χ2v) is 10.1. The molecule has 11 heteroatoms. The number of amidine groups is 1. The van der Waals surface area contributed by atoms with Gasteiger partial charge in [-0.1, -0.05) is 36.4 Å². The highest BCUT2D eigenvalue weighted by molar-refractivity contribution is 7.90. The van der Waals surface area contributed by atoms with Crippen molar-refractivity contribution in [2.24, 2.45) is 5.73 Å². The van der Waals surface area contributed by atoms with Gasteiger partial charge in [0, 0.05) is 17.8 Å². The van der Waals surface area contributed by atoms with E-state index >= 15 is 0 Å². The van der Waals surface area contributed by atoms with Crippen LogP contribution in [0.2, 0.25) is 0 Å². The Morgan fingerprint density at radius 1 is 1.03 bits per heavy atom. The molecule has 5 N–H and O–H groups in total. The van der Waals surface area contributed by atoms with Crippen molar-refractivity contribution in [2.45, 2.75) is 19.6 Å². The summed E-state index contributed by atoms with van der Waals surface area (Å²) in [6.07, 6.45) is 0. The van der Waals surface area contributed by atoms with Crippen LogP contribution >= 0.6 is 0 Å². The molecule has 38 heavy (non-hydrogen) atoms. The monoisotopic (exact) mass is 540 g/mol. The number of carbonyl (C=O) groups excluding carboxylic acids is 1. The van der Waals surface area contributed by atoms with E-state index in [2.05, 4.69) is 10.0 Å². The van der Waals surface area contributed by atoms with E-state index < -0.39 is 27.8 Å². The van der Waals surface area contributed by atoms with Crippen molar-refractivity contribution in [3.8, 4) is 11.5 Å². The third kappa shape index (κ3) is 8.49. The van der Waals surface area contributed by atoms with Crippen LogP contribution in [0.1, 0.15) is 29.7 Å². The van der Waals surface area contributed by atoms with Gasteiger partial charge in [-0.05, 0) is 54.4 Å². The predicted molar refractivity (Wildman–Crippen MR) is 146 cm³/mol. The average Bonchev–Trinajstić information content (AvgIpc) is 2.90. The summed E-state index contributed by atoms with van der Waals surface area (Å²) in [5.74, 6) is -0.656. The molecule has 0 aliphatic carbocycles. The first-order valence-corrected chi connectivity index (χ1v) is 13.5. The van der Waals surface area contributed by atoms with E-state index in [-0.39, 0.29) is 19.0 Å². The van der Waals surface area contributed by atoms with E-state index in [0.29, 0.717) is 34.9 Å². The van der Waals surface area contributed by atoms with E-state index in [9.17, 15) is 13.2 Å². The van der Waals surface area contributed by atoms with Crippen molar-refractivity contribution in [2.75, 3.05) is 31.3 Å². The molecule has 0 heterocycles. The minimum atomic E-state index is -3.94. The zero-order chi connectivity index (χ0) is 27.5. The highest BCUT2D eigenvalue weighted by atomic mass is 32.2. The molecule has 10 nitrogen and oxygen atoms in total. The third-order valence-electron chi connectivity index (χ3n) is 5.48. The van der Waals surface area contributed by atoms with Gasteiger partial charge >= 0.3 is 5.97 Å². The Morgan fingerprint density at radius 3 is 2.37 bits per heavy atom. The molecule has 3 aromatic carbocycles. The van der Waals surface area contributed by atoms with E-state index in [4.69, 9.17) is 25.4 Å². The molecule has 0 aliphatic heterocycles. The van der Waals surface area contributed by atoms with Crippen molar-refractivity contribution in [3.05, 3.63) is 89.5 Å². The second kappa shape index (κ2) is 13.5. The molecule has 0 amide bonds. The van der Waals surface area contributed by atoms with Crippen LogP contribution in [0, 0.1) is 5.41 Å². The number of hydrogen-bond acceptors (Lipinski definition) is 8. The number of sulfonamides is 1. The molecule has 0 radical (unpaired) electrons. The maximum atomic E-state index is 12.5. The van der Waals surface area contributed by atoms with Gasteiger partial charge in [-0.15, -0.1) is 0 Å². The fraction of sp³-hybridized carbons (Fsp3) is 0.259. The van der Waals surface area contributed by atoms with Crippen molar-refractivity contribution < 1.29 is 27.4 Å². The smallest absolute Gasteiger partial charge is 0.322 e. The molecule has 0 saturated carbocycles. The van der Waals surface area contributed by atoms with E-state index in [1.54, 1.807) is 43.3 Å². The predicted octanol–water partition coefficient (Wildman–Crippen LogP) is 3.19. The highest BCUT2D eigenvalue weighted by Gasteiger charge is 2.21. The molecule has 0 spiro atoms. The summed E-state index contributed by atoms with van der Waals surface area (Å²) < 4.78 is 43.7. The van der Waals surface area contributed by atoms with Crippen LogP contribution < -0.4 is 25.2 Å². The quantitative estimate of drug-likeness (QED) is 0.138. The van der Waals surface area contributed by atoms with Crippen LogP contribution in [0.5, 0.6) is 11.5 Å². The Hall–Kier alpha value is -4.09. The summed E-state index contributed by atoms with van der Waals surface area (Å²) in [6.45, 7) is 1.99. The van der Waals surface area contributed by atoms with Gasteiger partial charge in [0.25, 0.3) is 0 Å². The summed E-state index contributed by atoms with van der Waals surface area (Å²) in [6, 6.07) is 21.4. The number of rotatable bonds is 14. The number of nitrogens with two attached hydrogens (primary N) is 1. The average molecular weight is 541 g/mol. The zero-order valence-electron chi connectivity index (χ0n) is 21.3. The lowest BCUT2D eigenvalue weighted by molar-refractivity contribution is -0.139. The summed E-state index contributed by atoms with van der Waals surface area (Å²) in [5.41, 5.74) is 8.49. The number of carbonyl (C=O) groups is 1. The molecular formula is C27H32N4O6S. The summed E-state index contributed by atoms with van der Waals surface area (Å²) in [7, 11) is -2.42. The van der Waals surface area contributed by atoms with Gasteiger partial charge in [-0.25, -0.2) is 13.1 Å². The number of methoxy groups -OCH3 is 1. The summed E-state index contributed by atoms with van der Waals surface area (Å²) >= 11 is 0. The molecule has 0 aliphatic rings. The molecule has 0 saturated heterocycles. The zero-order valence-corrected chi connectivity index (χ0v) is 22.1. The summed E-state index contributed by atoms with van der Waals surface area (Å²) in [5, 5.41) is 10.9. The van der Waals surface area contributed by atoms with Gasteiger partial charge < -0.3 is 25.3 Å². The maximum absolute atomic E-state index is 12.5. The lowest BCUT2D eigenvalue weighted by atomic mass is 10.1. The van der Waals surface area contributed by atoms with Crippen LogP contribution in [0.4, 0.5) is 5.69 Å².